The minimum absolute atomic E-state index is 0.0649. The molecule has 0 fully saturated rings. The smallest absolute Gasteiger partial charge is 0.263 e. The molecule has 122 valence electrons. The van der Waals surface area contributed by atoms with Gasteiger partial charge < -0.3 is 11.1 Å². The van der Waals surface area contributed by atoms with Crippen LogP contribution in [0.15, 0.2) is 30.3 Å². The molecule has 1 atom stereocenters. The van der Waals surface area contributed by atoms with Gasteiger partial charge in [0.2, 0.25) is 5.91 Å². The van der Waals surface area contributed by atoms with Crippen molar-refractivity contribution in [1.82, 2.24) is 10.3 Å². The van der Waals surface area contributed by atoms with Crippen molar-refractivity contribution in [2.24, 2.45) is 5.73 Å². The average molecular weight is 331 g/mol. The van der Waals surface area contributed by atoms with Gasteiger partial charge in [-0.1, -0.05) is 37.3 Å². The first kappa shape index (κ1) is 17.1. The maximum Gasteiger partial charge on any atom is 0.263 e. The first-order valence-corrected chi connectivity index (χ1v) is 8.43. The maximum absolute atomic E-state index is 12.6. The number of benzene rings is 1. The number of carbonyl (C=O) groups is 2. The van der Waals surface area contributed by atoms with E-state index < -0.39 is 11.9 Å². The van der Waals surface area contributed by atoms with E-state index in [2.05, 4.69) is 17.2 Å². The molecule has 0 bridgehead atoms. The fraction of sp³-hybridized carbons (Fsp3) is 0.353. The van der Waals surface area contributed by atoms with Crippen LogP contribution in [-0.2, 0) is 11.2 Å². The van der Waals surface area contributed by atoms with E-state index in [1.807, 2.05) is 37.3 Å². The number of primary amides is 1. The van der Waals surface area contributed by atoms with E-state index >= 15 is 0 Å². The summed E-state index contributed by atoms with van der Waals surface area (Å²) in [6, 6.07) is 8.93. The first-order valence-electron chi connectivity index (χ1n) is 7.61. The second-order valence-electron chi connectivity index (χ2n) is 5.38. The summed E-state index contributed by atoms with van der Waals surface area (Å²) >= 11 is 1.41. The number of aryl methyl sites for hydroxylation is 2. The van der Waals surface area contributed by atoms with Crippen molar-refractivity contribution in [2.45, 2.75) is 39.2 Å². The van der Waals surface area contributed by atoms with Crippen molar-refractivity contribution in [2.75, 3.05) is 0 Å². The first-order chi connectivity index (χ1) is 11.0. The Morgan fingerprint density at radius 2 is 2.00 bits per heavy atom. The lowest BCUT2D eigenvalue weighted by Crippen LogP contribution is -2.31. The minimum Gasteiger partial charge on any atom is -0.370 e. The molecule has 0 saturated carbocycles. The van der Waals surface area contributed by atoms with E-state index in [9.17, 15) is 9.59 Å². The van der Waals surface area contributed by atoms with Crippen molar-refractivity contribution in [1.29, 1.82) is 0 Å². The average Bonchev–Trinajstić information content (AvgIpc) is 2.88. The van der Waals surface area contributed by atoms with Crippen molar-refractivity contribution in [3.8, 4) is 0 Å². The summed E-state index contributed by atoms with van der Waals surface area (Å²) in [5.74, 6) is -0.663. The lowest BCUT2D eigenvalue weighted by atomic mass is 10.0. The molecule has 0 saturated heterocycles. The van der Waals surface area contributed by atoms with Crippen LogP contribution in [-0.4, -0.2) is 16.8 Å². The topological polar surface area (TPSA) is 85.1 Å². The van der Waals surface area contributed by atoms with Gasteiger partial charge in [-0.15, -0.1) is 11.3 Å². The highest BCUT2D eigenvalue weighted by Crippen LogP contribution is 2.22. The predicted molar refractivity (Wildman–Crippen MR) is 91.3 cm³/mol. The molecular weight excluding hydrogens is 310 g/mol. The Kier molecular flexibility index (Phi) is 5.87. The van der Waals surface area contributed by atoms with Gasteiger partial charge in [0.15, 0.2) is 0 Å². The quantitative estimate of drug-likeness (QED) is 0.818. The highest BCUT2D eigenvalue weighted by Gasteiger charge is 2.21. The standard InChI is InChI=1S/C17H21N3O2S/c1-3-7-15-19-11(2)16(23-15)17(22)20-13(10-14(18)21)12-8-5-4-6-9-12/h4-6,8-9,13H,3,7,10H2,1-2H3,(H2,18,21)(H,20,22)/t13-/m0/s1. The molecule has 3 N–H and O–H groups in total. The van der Waals surface area contributed by atoms with Gasteiger partial charge in [0, 0.05) is 0 Å². The van der Waals surface area contributed by atoms with Crippen LogP contribution in [0.2, 0.25) is 0 Å². The molecule has 23 heavy (non-hydrogen) atoms. The normalized spacial score (nSPS) is 11.9. The molecular formula is C17H21N3O2S. The number of hydrogen-bond acceptors (Lipinski definition) is 4. The van der Waals surface area contributed by atoms with E-state index in [-0.39, 0.29) is 12.3 Å². The highest BCUT2D eigenvalue weighted by molar-refractivity contribution is 7.13. The van der Waals surface area contributed by atoms with E-state index in [0.29, 0.717) is 4.88 Å². The van der Waals surface area contributed by atoms with E-state index in [0.717, 1.165) is 29.1 Å². The number of nitrogens with zero attached hydrogens (tertiary/aromatic N) is 1. The van der Waals surface area contributed by atoms with E-state index in [1.165, 1.54) is 11.3 Å². The zero-order valence-electron chi connectivity index (χ0n) is 13.3. The number of rotatable bonds is 7. The third-order valence-corrected chi connectivity index (χ3v) is 4.64. The second kappa shape index (κ2) is 7.87. The van der Waals surface area contributed by atoms with Crippen molar-refractivity contribution >= 4 is 23.2 Å². The van der Waals surface area contributed by atoms with E-state index in [1.54, 1.807) is 0 Å². The highest BCUT2D eigenvalue weighted by atomic mass is 32.1. The Labute approximate surface area is 139 Å². The summed E-state index contributed by atoms with van der Waals surface area (Å²) < 4.78 is 0. The summed E-state index contributed by atoms with van der Waals surface area (Å²) in [4.78, 5) is 28.9. The summed E-state index contributed by atoms with van der Waals surface area (Å²) in [5, 5.41) is 3.87. The molecule has 5 nitrogen and oxygen atoms in total. The van der Waals surface area contributed by atoms with Gasteiger partial charge in [0.05, 0.1) is 23.2 Å². The van der Waals surface area contributed by atoms with Crippen LogP contribution in [0, 0.1) is 6.92 Å². The summed E-state index contributed by atoms with van der Waals surface area (Å²) in [6.45, 7) is 3.91. The van der Waals surface area contributed by atoms with Gasteiger partial charge in [-0.05, 0) is 25.3 Å². The maximum atomic E-state index is 12.6. The molecule has 1 aromatic heterocycles. The molecule has 0 aliphatic rings. The Morgan fingerprint density at radius 3 is 2.61 bits per heavy atom. The Morgan fingerprint density at radius 1 is 1.30 bits per heavy atom. The van der Waals surface area contributed by atoms with Crippen LogP contribution in [0.4, 0.5) is 0 Å². The SMILES string of the molecule is CCCc1nc(C)c(C(=O)N[C@@H](CC(N)=O)c2ccccc2)s1. The predicted octanol–water partition coefficient (Wildman–Crippen LogP) is 2.75. The fourth-order valence-electron chi connectivity index (χ4n) is 2.35. The molecule has 1 heterocycles. The molecule has 2 rings (SSSR count). The lowest BCUT2D eigenvalue weighted by molar-refractivity contribution is -0.118. The van der Waals surface area contributed by atoms with Crippen LogP contribution >= 0.6 is 11.3 Å². The Bertz CT molecular complexity index is 682. The molecule has 2 aromatic rings. The Balaban J connectivity index is 2.19. The zero-order valence-corrected chi connectivity index (χ0v) is 14.2. The third-order valence-electron chi connectivity index (χ3n) is 3.42. The second-order valence-corrected chi connectivity index (χ2v) is 6.46. The minimum atomic E-state index is -0.452. The molecule has 0 spiro atoms. The molecule has 0 aliphatic heterocycles. The van der Waals surface area contributed by atoms with Gasteiger partial charge in [-0.3, -0.25) is 9.59 Å². The molecule has 0 radical (unpaired) electrons. The zero-order chi connectivity index (χ0) is 16.8. The number of thiazole rings is 1. The summed E-state index contributed by atoms with van der Waals surface area (Å²) in [6.07, 6.45) is 1.92. The van der Waals surface area contributed by atoms with Crippen LogP contribution in [0.5, 0.6) is 0 Å². The molecule has 0 aliphatic carbocycles. The van der Waals surface area contributed by atoms with Crippen LogP contribution < -0.4 is 11.1 Å². The fourth-order valence-corrected chi connectivity index (χ4v) is 3.42. The van der Waals surface area contributed by atoms with Crippen LogP contribution in [0.1, 0.15) is 51.7 Å². The number of nitrogens with two attached hydrogens (primary N) is 1. The van der Waals surface area contributed by atoms with E-state index in [4.69, 9.17) is 5.73 Å². The van der Waals surface area contributed by atoms with Gasteiger partial charge >= 0.3 is 0 Å². The molecule has 6 heteroatoms. The van der Waals surface area contributed by atoms with Gasteiger partial charge in [0.1, 0.15) is 4.88 Å². The van der Waals surface area contributed by atoms with Gasteiger partial charge in [-0.25, -0.2) is 4.98 Å². The third kappa shape index (κ3) is 4.63. The number of amides is 2. The summed E-state index contributed by atoms with van der Waals surface area (Å²) in [5.41, 5.74) is 6.90. The molecule has 1 aromatic carbocycles. The summed E-state index contributed by atoms with van der Waals surface area (Å²) in [7, 11) is 0. The number of aromatic nitrogens is 1. The van der Waals surface area contributed by atoms with Gasteiger partial charge in [-0.2, -0.15) is 0 Å². The van der Waals surface area contributed by atoms with Crippen molar-refractivity contribution < 1.29 is 9.59 Å². The number of hydrogen-bond donors (Lipinski definition) is 2. The largest absolute Gasteiger partial charge is 0.370 e. The van der Waals surface area contributed by atoms with Crippen LogP contribution in [0.25, 0.3) is 0 Å². The van der Waals surface area contributed by atoms with Crippen molar-refractivity contribution in [3.63, 3.8) is 0 Å². The molecule has 0 unspecified atom stereocenters. The molecule has 2 amide bonds. The Hall–Kier alpha value is -2.21. The van der Waals surface area contributed by atoms with Crippen molar-refractivity contribution in [3.05, 3.63) is 51.5 Å². The van der Waals surface area contributed by atoms with Gasteiger partial charge in [0.25, 0.3) is 5.91 Å². The lowest BCUT2D eigenvalue weighted by Gasteiger charge is -2.17. The van der Waals surface area contributed by atoms with Crippen LogP contribution in [0.3, 0.4) is 0 Å². The number of nitrogens with one attached hydrogen (secondary N) is 1. The number of carbonyl (C=O) groups excluding carboxylic acids is 2. The monoisotopic (exact) mass is 331 g/mol.